The number of amides is 1. The summed E-state index contributed by atoms with van der Waals surface area (Å²) >= 11 is 0. The van der Waals surface area contributed by atoms with Gasteiger partial charge in [-0.3, -0.25) is 9.59 Å². The van der Waals surface area contributed by atoms with Gasteiger partial charge in [0.15, 0.2) is 0 Å². The second-order valence-corrected chi connectivity index (χ2v) is 6.50. The van der Waals surface area contributed by atoms with Gasteiger partial charge in [-0.1, -0.05) is 25.1 Å². The highest BCUT2D eigenvalue weighted by molar-refractivity contribution is 6.00. The minimum absolute atomic E-state index is 0.0307. The Morgan fingerprint density at radius 3 is 2.67 bits per heavy atom. The van der Waals surface area contributed by atoms with Crippen molar-refractivity contribution < 1.29 is 9.53 Å². The van der Waals surface area contributed by atoms with E-state index in [1.165, 1.54) is 4.68 Å². The Balaban J connectivity index is 2.14. The second kappa shape index (κ2) is 8.18. The van der Waals surface area contributed by atoms with E-state index in [-0.39, 0.29) is 17.5 Å². The molecule has 0 unspecified atom stereocenters. The van der Waals surface area contributed by atoms with Crippen LogP contribution in [0, 0.1) is 0 Å². The van der Waals surface area contributed by atoms with Gasteiger partial charge < -0.3 is 14.6 Å². The number of aromatic nitrogens is 3. The molecule has 142 valence electrons. The molecule has 0 aliphatic carbocycles. The molecule has 1 aromatic rings. The molecule has 0 aromatic heterocycles. The van der Waals surface area contributed by atoms with Gasteiger partial charge in [0.05, 0.1) is 23.4 Å². The number of hydrogen-bond donors (Lipinski definition) is 1. The monoisotopic (exact) mass is 368 g/mol. The maximum Gasteiger partial charge on any atom is 0.282 e. The summed E-state index contributed by atoms with van der Waals surface area (Å²) in [4.78, 5) is 25.7. The first-order valence-electron chi connectivity index (χ1n) is 9.03. The van der Waals surface area contributed by atoms with Gasteiger partial charge in [-0.15, -0.1) is 0 Å². The van der Waals surface area contributed by atoms with Crippen molar-refractivity contribution >= 4 is 5.91 Å². The predicted octanol–water partition coefficient (Wildman–Crippen LogP) is 2.31. The molecule has 2 aliphatic rings. The van der Waals surface area contributed by atoms with E-state index in [0.717, 1.165) is 6.42 Å². The van der Waals surface area contributed by atoms with E-state index >= 15 is 0 Å². The molecule has 1 atom stereocenters. The van der Waals surface area contributed by atoms with Gasteiger partial charge >= 0.3 is 0 Å². The lowest BCUT2D eigenvalue weighted by atomic mass is 10.1. The molecule has 0 saturated heterocycles. The molecule has 3 rings (SSSR count). The average Bonchev–Trinajstić information content (AvgIpc) is 3.03. The summed E-state index contributed by atoms with van der Waals surface area (Å²) in [5.41, 5.74) is 1.61. The Hall–Kier alpha value is -2.93. The normalized spacial score (nSPS) is 12.3. The third-order valence-corrected chi connectivity index (χ3v) is 4.51. The van der Waals surface area contributed by atoms with Gasteiger partial charge in [-0.05, 0) is 25.5 Å². The van der Waals surface area contributed by atoms with Crippen molar-refractivity contribution in [3.05, 3.63) is 58.6 Å². The number of nitrogens with zero attached hydrogens (tertiary/aromatic N) is 3. The van der Waals surface area contributed by atoms with Crippen molar-refractivity contribution in [2.75, 3.05) is 13.7 Å². The van der Waals surface area contributed by atoms with Crippen molar-refractivity contribution in [3.63, 3.8) is 0 Å². The van der Waals surface area contributed by atoms with Gasteiger partial charge in [0.1, 0.15) is 5.69 Å². The fraction of sp³-hybridized carbons (Fsp3) is 0.350. The maximum absolute atomic E-state index is 12.9. The SMILES string of the molecule is CC[C@@H](C)NC(=O)c1cn(CCOC)cc2c(=O)n(-c3ccccc3)nc1-2. The quantitative estimate of drug-likeness (QED) is 0.694. The number of carbonyl (C=O) groups excluding carboxylic acids is 1. The van der Waals surface area contributed by atoms with E-state index in [9.17, 15) is 9.59 Å². The molecule has 0 saturated carbocycles. The van der Waals surface area contributed by atoms with Crippen molar-refractivity contribution in [2.24, 2.45) is 0 Å². The summed E-state index contributed by atoms with van der Waals surface area (Å²) in [6, 6.07) is 9.22. The summed E-state index contributed by atoms with van der Waals surface area (Å²) in [5.74, 6) is -0.237. The van der Waals surface area contributed by atoms with Crippen molar-refractivity contribution in [1.82, 2.24) is 19.7 Å². The van der Waals surface area contributed by atoms with Crippen LogP contribution >= 0.6 is 0 Å². The van der Waals surface area contributed by atoms with E-state index in [0.29, 0.717) is 35.7 Å². The number of para-hydroxylation sites is 1. The first kappa shape index (κ1) is 18.8. The number of nitrogens with one attached hydrogen (secondary N) is 1. The number of fused-ring (bicyclic) bond motifs is 1. The van der Waals surface area contributed by atoms with Crippen molar-refractivity contribution in [3.8, 4) is 16.9 Å². The van der Waals surface area contributed by atoms with Crippen LogP contribution in [-0.4, -0.2) is 40.0 Å². The number of rotatable bonds is 7. The molecule has 27 heavy (non-hydrogen) atoms. The minimum Gasteiger partial charge on any atom is -0.383 e. The molecule has 1 N–H and O–H groups in total. The molecule has 1 aromatic carbocycles. The largest absolute Gasteiger partial charge is 0.383 e. The van der Waals surface area contributed by atoms with Crippen LogP contribution in [0.3, 0.4) is 0 Å². The zero-order chi connectivity index (χ0) is 19.4. The molecule has 0 spiro atoms. The van der Waals surface area contributed by atoms with Crippen LogP contribution in [0.15, 0.2) is 47.5 Å². The van der Waals surface area contributed by atoms with Crippen LogP contribution < -0.4 is 10.9 Å². The Morgan fingerprint density at radius 1 is 1.26 bits per heavy atom. The number of carbonyl (C=O) groups is 1. The van der Waals surface area contributed by atoms with Gasteiger partial charge in [0, 0.05) is 32.1 Å². The predicted molar refractivity (Wildman–Crippen MR) is 104 cm³/mol. The van der Waals surface area contributed by atoms with Crippen LogP contribution in [0.4, 0.5) is 0 Å². The standard InChI is InChI=1S/C20H24N4O3/c1-4-14(2)21-19(25)16-12-23(10-11-27-3)13-17-18(16)22-24(20(17)26)15-8-6-5-7-9-15/h5-9,12-14H,4,10-11H2,1-3H3,(H,21,25)/t14-/m1/s1. The molecule has 0 fully saturated rings. The van der Waals surface area contributed by atoms with Crippen LogP contribution in [0.1, 0.15) is 30.6 Å². The van der Waals surface area contributed by atoms with Crippen LogP contribution in [0.5, 0.6) is 0 Å². The first-order chi connectivity index (χ1) is 13.0. The average molecular weight is 368 g/mol. The van der Waals surface area contributed by atoms with Gasteiger partial charge in [-0.25, -0.2) is 0 Å². The van der Waals surface area contributed by atoms with E-state index in [1.54, 1.807) is 24.1 Å². The third-order valence-electron chi connectivity index (χ3n) is 4.51. The van der Waals surface area contributed by atoms with Gasteiger partial charge in [0.2, 0.25) is 0 Å². The van der Waals surface area contributed by atoms with Crippen molar-refractivity contribution in [2.45, 2.75) is 32.9 Å². The van der Waals surface area contributed by atoms with E-state index in [1.807, 2.05) is 44.2 Å². The molecule has 0 bridgehead atoms. The molecule has 2 heterocycles. The zero-order valence-corrected chi connectivity index (χ0v) is 15.8. The highest BCUT2D eigenvalue weighted by atomic mass is 16.5. The van der Waals surface area contributed by atoms with E-state index in [4.69, 9.17) is 4.74 Å². The van der Waals surface area contributed by atoms with Crippen molar-refractivity contribution in [1.29, 1.82) is 0 Å². The number of hydrogen-bond acceptors (Lipinski definition) is 4. The smallest absolute Gasteiger partial charge is 0.282 e. The van der Waals surface area contributed by atoms with Crippen LogP contribution in [0.25, 0.3) is 16.9 Å². The fourth-order valence-electron chi connectivity index (χ4n) is 2.80. The zero-order valence-electron chi connectivity index (χ0n) is 15.8. The molecule has 0 radical (unpaired) electrons. The van der Waals surface area contributed by atoms with E-state index in [2.05, 4.69) is 10.4 Å². The number of benzene rings is 1. The van der Waals surface area contributed by atoms with E-state index < -0.39 is 0 Å². The topological polar surface area (TPSA) is 78.2 Å². The van der Waals surface area contributed by atoms with Crippen LogP contribution in [-0.2, 0) is 11.3 Å². The molecular weight excluding hydrogens is 344 g/mol. The minimum atomic E-state index is -0.249. The molecule has 2 aliphatic heterocycles. The van der Waals surface area contributed by atoms with Gasteiger partial charge in [-0.2, -0.15) is 9.78 Å². The highest BCUT2D eigenvalue weighted by Gasteiger charge is 2.24. The lowest BCUT2D eigenvalue weighted by molar-refractivity contribution is 0.0938. The number of methoxy groups -OCH3 is 1. The Kier molecular flexibility index (Phi) is 5.71. The lowest BCUT2D eigenvalue weighted by Crippen LogP contribution is -2.33. The lowest BCUT2D eigenvalue weighted by Gasteiger charge is -2.15. The molecule has 7 heteroatoms. The fourth-order valence-corrected chi connectivity index (χ4v) is 2.80. The Bertz CT molecular complexity index is 946. The molecular formula is C20H24N4O3. The number of ether oxygens (including phenoxy) is 1. The maximum atomic E-state index is 12.9. The number of pyridine rings is 1. The summed E-state index contributed by atoms with van der Waals surface area (Å²) in [6.07, 6.45) is 4.26. The summed E-state index contributed by atoms with van der Waals surface area (Å²) in [5, 5.41) is 7.41. The summed E-state index contributed by atoms with van der Waals surface area (Å²) < 4.78 is 8.26. The summed E-state index contributed by atoms with van der Waals surface area (Å²) in [7, 11) is 1.61. The second-order valence-electron chi connectivity index (χ2n) is 6.50. The molecule has 7 nitrogen and oxygen atoms in total. The first-order valence-corrected chi connectivity index (χ1v) is 9.03. The summed E-state index contributed by atoms with van der Waals surface area (Å²) in [6.45, 7) is 4.96. The highest BCUT2D eigenvalue weighted by Crippen LogP contribution is 2.22. The molecule has 1 amide bonds. The third kappa shape index (κ3) is 3.93. The van der Waals surface area contributed by atoms with Crippen LogP contribution in [0.2, 0.25) is 0 Å². The Labute approximate surface area is 157 Å². The van der Waals surface area contributed by atoms with Gasteiger partial charge in [0.25, 0.3) is 11.5 Å². The Morgan fingerprint density at radius 2 is 2.00 bits per heavy atom.